The highest BCUT2D eigenvalue weighted by Gasteiger charge is 2.33. The van der Waals surface area contributed by atoms with Crippen LogP contribution >= 0.6 is 0 Å². The number of terminal acetylenes is 1. The van der Waals surface area contributed by atoms with E-state index in [-0.39, 0.29) is 23.8 Å². The van der Waals surface area contributed by atoms with Crippen LogP contribution in [0.5, 0.6) is 0 Å². The monoisotopic (exact) mass is 236 g/mol. The van der Waals surface area contributed by atoms with Crippen LogP contribution in [-0.4, -0.2) is 35.3 Å². The fourth-order valence-corrected chi connectivity index (χ4v) is 1.99. The molecule has 0 aromatic heterocycles. The van der Waals surface area contributed by atoms with Crippen LogP contribution < -0.4 is 5.32 Å². The average molecular weight is 236 g/mol. The fourth-order valence-electron chi connectivity index (χ4n) is 1.99. The van der Waals surface area contributed by atoms with Gasteiger partial charge in [-0.05, 0) is 12.8 Å². The first kappa shape index (κ1) is 13.6. The molecule has 1 rings (SSSR count). The quantitative estimate of drug-likeness (QED) is 0.736. The van der Waals surface area contributed by atoms with E-state index in [1.165, 1.54) is 0 Å². The van der Waals surface area contributed by atoms with E-state index in [1.807, 2.05) is 20.8 Å². The molecule has 0 spiro atoms. The molecule has 1 N–H and O–H groups in total. The summed E-state index contributed by atoms with van der Waals surface area (Å²) in [5.74, 6) is 2.57. The highest BCUT2D eigenvalue weighted by atomic mass is 16.2. The molecule has 1 heterocycles. The molecule has 1 aliphatic rings. The van der Waals surface area contributed by atoms with Gasteiger partial charge in [0.2, 0.25) is 11.8 Å². The molecule has 4 nitrogen and oxygen atoms in total. The summed E-state index contributed by atoms with van der Waals surface area (Å²) in [6, 6.07) is -0.438. The van der Waals surface area contributed by atoms with E-state index < -0.39 is 6.04 Å². The van der Waals surface area contributed by atoms with Gasteiger partial charge >= 0.3 is 0 Å². The van der Waals surface area contributed by atoms with Gasteiger partial charge in [0.1, 0.15) is 6.04 Å². The summed E-state index contributed by atoms with van der Waals surface area (Å²) in [6.45, 7) is 6.23. The minimum Gasteiger partial charge on any atom is -0.344 e. The Bertz CT molecular complexity index is 344. The molecule has 1 saturated heterocycles. The van der Waals surface area contributed by atoms with Gasteiger partial charge in [-0.1, -0.05) is 13.8 Å². The molecule has 0 aromatic rings. The van der Waals surface area contributed by atoms with Crippen molar-refractivity contribution in [2.75, 3.05) is 6.54 Å². The Kier molecular flexibility index (Phi) is 4.56. The number of nitrogens with one attached hydrogen (secondary N) is 1. The van der Waals surface area contributed by atoms with Crippen molar-refractivity contribution in [3.8, 4) is 12.3 Å². The zero-order chi connectivity index (χ0) is 13.0. The van der Waals surface area contributed by atoms with Crippen molar-refractivity contribution < 1.29 is 9.59 Å². The first-order chi connectivity index (χ1) is 7.97. The maximum atomic E-state index is 12.3. The van der Waals surface area contributed by atoms with E-state index in [2.05, 4.69) is 11.2 Å². The Morgan fingerprint density at radius 2 is 2.12 bits per heavy atom. The molecule has 1 fully saturated rings. The van der Waals surface area contributed by atoms with Gasteiger partial charge in [-0.3, -0.25) is 9.59 Å². The first-order valence-electron chi connectivity index (χ1n) is 6.00. The Labute approximate surface area is 103 Å². The smallest absolute Gasteiger partial charge is 0.245 e. The minimum absolute atomic E-state index is 0.0125. The van der Waals surface area contributed by atoms with Crippen LogP contribution in [0.4, 0.5) is 0 Å². The van der Waals surface area contributed by atoms with Crippen LogP contribution in [0.15, 0.2) is 0 Å². The van der Waals surface area contributed by atoms with Crippen molar-refractivity contribution in [2.24, 2.45) is 5.92 Å². The van der Waals surface area contributed by atoms with Crippen LogP contribution in [0.25, 0.3) is 0 Å². The van der Waals surface area contributed by atoms with Gasteiger partial charge in [-0.25, -0.2) is 0 Å². The largest absolute Gasteiger partial charge is 0.344 e. The molecular weight excluding hydrogens is 216 g/mol. The second kappa shape index (κ2) is 5.72. The maximum absolute atomic E-state index is 12.3. The third-order valence-corrected chi connectivity index (χ3v) is 3.06. The third kappa shape index (κ3) is 3.23. The van der Waals surface area contributed by atoms with Crippen molar-refractivity contribution in [3.63, 3.8) is 0 Å². The average Bonchev–Trinajstić information content (AvgIpc) is 2.39. The number of amides is 2. The Morgan fingerprint density at radius 1 is 1.47 bits per heavy atom. The van der Waals surface area contributed by atoms with E-state index in [0.717, 1.165) is 0 Å². The number of rotatable bonds is 3. The minimum atomic E-state index is -0.426. The number of hydrogen-bond donors (Lipinski definition) is 1. The van der Waals surface area contributed by atoms with Gasteiger partial charge < -0.3 is 10.2 Å². The van der Waals surface area contributed by atoms with Gasteiger partial charge in [0, 0.05) is 25.4 Å². The first-order valence-corrected chi connectivity index (χ1v) is 6.00. The van der Waals surface area contributed by atoms with Crippen LogP contribution in [0, 0.1) is 18.3 Å². The Balaban J connectivity index is 2.87. The number of nitrogens with zero attached hydrogens (tertiary/aromatic N) is 1. The number of hydrogen-bond acceptors (Lipinski definition) is 2. The molecule has 0 aromatic carbocycles. The van der Waals surface area contributed by atoms with Crippen LogP contribution in [0.3, 0.4) is 0 Å². The van der Waals surface area contributed by atoms with E-state index in [4.69, 9.17) is 6.42 Å². The molecule has 1 aliphatic heterocycles. The summed E-state index contributed by atoms with van der Waals surface area (Å²) in [6.07, 6.45) is 6.14. The van der Waals surface area contributed by atoms with Crippen LogP contribution in [-0.2, 0) is 9.59 Å². The molecule has 2 amide bonds. The highest BCUT2D eigenvalue weighted by Crippen LogP contribution is 2.14. The zero-order valence-electron chi connectivity index (χ0n) is 10.7. The van der Waals surface area contributed by atoms with Crippen molar-refractivity contribution >= 4 is 11.8 Å². The molecule has 0 saturated carbocycles. The molecule has 17 heavy (non-hydrogen) atoms. The van der Waals surface area contributed by atoms with Crippen LogP contribution in [0.1, 0.15) is 33.6 Å². The fraction of sp³-hybridized carbons (Fsp3) is 0.692. The SMILES string of the molecule is C#CCC(C)N1CCC(=O)NC(C(C)C)C1=O. The van der Waals surface area contributed by atoms with Gasteiger partial charge in [0.05, 0.1) is 0 Å². The summed E-state index contributed by atoms with van der Waals surface area (Å²) in [5.41, 5.74) is 0. The lowest BCUT2D eigenvalue weighted by molar-refractivity contribution is -0.136. The van der Waals surface area contributed by atoms with Crippen molar-refractivity contribution in [1.82, 2.24) is 10.2 Å². The maximum Gasteiger partial charge on any atom is 0.245 e. The van der Waals surface area contributed by atoms with Crippen molar-refractivity contribution in [1.29, 1.82) is 0 Å². The predicted molar refractivity (Wildman–Crippen MR) is 66.0 cm³/mol. The normalized spacial score (nSPS) is 23.0. The summed E-state index contributed by atoms with van der Waals surface area (Å²) in [4.78, 5) is 25.6. The molecule has 94 valence electrons. The zero-order valence-corrected chi connectivity index (χ0v) is 10.7. The highest BCUT2D eigenvalue weighted by molar-refractivity contribution is 5.90. The second-order valence-electron chi connectivity index (χ2n) is 4.83. The van der Waals surface area contributed by atoms with E-state index in [1.54, 1.807) is 4.90 Å². The number of carbonyl (C=O) groups excluding carboxylic acids is 2. The van der Waals surface area contributed by atoms with E-state index >= 15 is 0 Å². The molecule has 2 unspecified atom stereocenters. The Hall–Kier alpha value is -1.50. The summed E-state index contributed by atoms with van der Waals surface area (Å²) < 4.78 is 0. The molecule has 0 radical (unpaired) electrons. The van der Waals surface area contributed by atoms with Gasteiger partial charge in [-0.2, -0.15) is 0 Å². The van der Waals surface area contributed by atoms with Gasteiger partial charge in [0.15, 0.2) is 0 Å². The Morgan fingerprint density at radius 3 is 2.65 bits per heavy atom. The summed E-state index contributed by atoms with van der Waals surface area (Å²) in [7, 11) is 0. The summed E-state index contributed by atoms with van der Waals surface area (Å²) in [5, 5.41) is 2.77. The standard InChI is InChI=1S/C13H20N2O2/c1-5-6-10(4)15-8-7-11(16)14-12(9(2)3)13(15)17/h1,9-10,12H,6-8H2,2-4H3,(H,14,16). The van der Waals surface area contributed by atoms with E-state index in [9.17, 15) is 9.59 Å². The molecular formula is C13H20N2O2. The lowest BCUT2D eigenvalue weighted by Crippen LogP contribution is -2.50. The van der Waals surface area contributed by atoms with E-state index in [0.29, 0.717) is 19.4 Å². The molecule has 2 atom stereocenters. The molecule has 0 aliphatic carbocycles. The van der Waals surface area contributed by atoms with Crippen LogP contribution in [0.2, 0.25) is 0 Å². The molecule has 4 heteroatoms. The van der Waals surface area contributed by atoms with Gasteiger partial charge in [-0.15, -0.1) is 12.3 Å². The second-order valence-corrected chi connectivity index (χ2v) is 4.83. The topological polar surface area (TPSA) is 49.4 Å². The molecule has 0 bridgehead atoms. The lowest BCUT2D eigenvalue weighted by atomic mass is 10.0. The van der Waals surface area contributed by atoms with Crippen molar-refractivity contribution in [2.45, 2.75) is 45.7 Å². The van der Waals surface area contributed by atoms with Crippen molar-refractivity contribution in [3.05, 3.63) is 0 Å². The number of carbonyl (C=O) groups is 2. The lowest BCUT2D eigenvalue weighted by Gasteiger charge is -2.30. The summed E-state index contributed by atoms with van der Waals surface area (Å²) >= 11 is 0. The van der Waals surface area contributed by atoms with Gasteiger partial charge in [0.25, 0.3) is 0 Å². The third-order valence-electron chi connectivity index (χ3n) is 3.06. The predicted octanol–water partition coefficient (Wildman–Crippen LogP) is 0.771.